The van der Waals surface area contributed by atoms with Crippen molar-refractivity contribution >= 4 is 11.8 Å². The minimum absolute atomic E-state index is 0.140. The Morgan fingerprint density at radius 3 is 2.67 bits per heavy atom. The molecule has 0 fully saturated rings. The van der Waals surface area contributed by atoms with Crippen molar-refractivity contribution in [1.82, 2.24) is 16.0 Å². The van der Waals surface area contributed by atoms with Gasteiger partial charge in [0.25, 0.3) is 5.91 Å². The Kier molecular flexibility index (Phi) is 1.21. The minimum Gasteiger partial charge on any atom is -0.328 e. The van der Waals surface area contributed by atoms with E-state index in [4.69, 9.17) is 0 Å². The van der Waals surface area contributed by atoms with Crippen molar-refractivity contribution in [2.45, 2.75) is 6.42 Å². The molecule has 5 heteroatoms. The fourth-order valence-electron chi connectivity index (χ4n) is 1.20. The number of hydrogen-bond donors (Lipinski definition) is 3. The topological polar surface area (TPSA) is 70.2 Å². The van der Waals surface area contributed by atoms with E-state index in [1.54, 1.807) is 0 Å². The maximum Gasteiger partial charge on any atom is 0.256 e. The van der Waals surface area contributed by atoms with Gasteiger partial charge in [-0.3, -0.25) is 9.59 Å². The Morgan fingerprint density at radius 1 is 1.17 bits per heavy atom. The Hall–Kier alpha value is -1.78. The Balaban J connectivity index is 2.36. The van der Waals surface area contributed by atoms with E-state index in [0.29, 0.717) is 17.2 Å². The third kappa shape index (κ3) is 0.868. The molecule has 0 atom stereocenters. The first kappa shape index (κ1) is 6.90. The number of carbonyl (C=O) groups is 2. The van der Waals surface area contributed by atoms with Crippen LogP contribution in [0.1, 0.15) is 6.42 Å². The van der Waals surface area contributed by atoms with Gasteiger partial charge in [0.15, 0.2) is 0 Å². The van der Waals surface area contributed by atoms with Gasteiger partial charge in [0.05, 0.1) is 12.0 Å². The molecule has 0 radical (unpaired) electrons. The highest BCUT2D eigenvalue weighted by molar-refractivity contribution is 6.04. The first-order valence-electron chi connectivity index (χ1n) is 3.47. The Morgan fingerprint density at radius 2 is 1.92 bits per heavy atom. The second kappa shape index (κ2) is 2.10. The van der Waals surface area contributed by atoms with Crippen molar-refractivity contribution in [1.29, 1.82) is 0 Å². The summed E-state index contributed by atoms with van der Waals surface area (Å²) in [5.41, 5.74) is 0.451. The second-order valence-electron chi connectivity index (χ2n) is 2.64. The molecule has 0 aromatic heterocycles. The maximum atomic E-state index is 11.2. The fraction of sp³-hybridized carbons (Fsp3) is 0.143. The summed E-state index contributed by atoms with van der Waals surface area (Å²) in [7, 11) is 0. The summed E-state index contributed by atoms with van der Waals surface area (Å²) in [4.78, 5) is 22.0. The number of nitrogens with one attached hydrogen (secondary N) is 3. The molecule has 0 unspecified atom stereocenters. The zero-order valence-corrected chi connectivity index (χ0v) is 6.23. The summed E-state index contributed by atoms with van der Waals surface area (Å²) >= 11 is 0. The van der Waals surface area contributed by atoms with Crippen LogP contribution >= 0.6 is 0 Å². The normalized spacial score (nSPS) is 21.5. The molecule has 0 aromatic rings. The van der Waals surface area contributed by atoms with Gasteiger partial charge in [-0.25, -0.2) is 0 Å². The highest BCUT2D eigenvalue weighted by Gasteiger charge is 2.30. The predicted octanol–water partition coefficient (Wildman–Crippen LogP) is -1.09. The fourth-order valence-corrected chi connectivity index (χ4v) is 1.20. The summed E-state index contributed by atoms with van der Waals surface area (Å²) in [6.07, 6.45) is 0.140. The smallest absolute Gasteiger partial charge is 0.256 e. The molecule has 3 N–H and O–H groups in total. The van der Waals surface area contributed by atoms with Crippen LogP contribution in [-0.4, -0.2) is 11.8 Å². The molecule has 0 saturated heterocycles. The van der Waals surface area contributed by atoms with Gasteiger partial charge in [-0.2, -0.15) is 0 Å². The van der Waals surface area contributed by atoms with Gasteiger partial charge in [-0.05, 0) is 0 Å². The molecule has 0 aromatic carbocycles. The van der Waals surface area contributed by atoms with E-state index < -0.39 is 0 Å². The third-order valence-corrected chi connectivity index (χ3v) is 1.72. The lowest BCUT2D eigenvalue weighted by Crippen LogP contribution is -2.39. The van der Waals surface area contributed by atoms with Crippen molar-refractivity contribution < 1.29 is 9.59 Å². The van der Waals surface area contributed by atoms with Gasteiger partial charge in [-0.1, -0.05) is 6.58 Å². The quantitative estimate of drug-likeness (QED) is 0.427. The van der Waals surface area contributed by atoms with Gasteiger partial charge in [0.2, 0.25) is 5.91 Å². The molecule has 2 aliphatic rings. The largest absolute Gasteiger partial charge is 0.328 e. The van der Waals surface area contributed by atoms with Crippen molar-refractivity contribution in [2.75, 3.05) is 0 Å². The maximum absolute atomic E-state index is 11.2. The molecule has 62 valence electrons. The molecule has 0 spiro atoms. The highest BCUT2D eigenvalue weighted by Crippen LogP contribution is 2.16. The third-order valence-electron chi connectivity index (χ3n) is 1.72. The van der Waals surface area contributed by atoms with Crippen LogP contribution in [0.2, 0.25) is 0 Å². The van der Waals surface area contributed by atoms with E-state index in [9.17, 15) is 9.59 Å². The second-order valence-corrected chi connectivity index (χ2v) is 2.64. The van der Waals surface area contributed by atoms with Gasteiger partial charge in [-0.15, -0.1) is 0 Å². The molecular formula is C7H7N3O2. The summed E-state index contributed by atoms with van der Waals surface area (Å²) in [6.45, 7) is 3.52. The number of hydrogen-bond acceptors (Lipinski definition) is 3. The van der Waals surface area contributed by atoms with Crippen LogP contribution in [0.15, 0.2) is 23.8 Å². The van der Waals surface area contributed by atoms with E-state index in [1.807, 2.05) is 0 Å². The van der Waals surface area contributed by atoms with Gasteiger partial charge < -0.3 is 16.0 Å². The first-order chi connectivity index (χ1) is 5.66. The summed E-state index contributed by atoms with van der Waals surface area (Å²) in [5.74, 6) is 0.430. The minimum atomic E-state index is -0.257. The average molecular weight is 165 g/mol. The van der Waals surface area contributed by atoms with E-state index >= 15 is 0 Å². The van der Waals surface area contributed by atoms with E-state index in [-0.39, 0.29) is 18.2 Å². The highest BCUT2D eigenvalue weighted by atomic mass is 16.2. The lowest BCUT2D eigenvalue weighted by Gasteiger charge is -2.17. The molecule has 2 rings (SSSR count). The van der Waals surface area contributed by atoms with Crippen LogP contribution in [-0.2, 0) is 9.59 Å². The lowest BCUT2D eigenvalue weighted by atomic mass is 10.2. The molecule has 0 saturated carbocycles. The molecule has 2 heterocycles. The van der Waals surface area contributed by atoms with Crippen LogP contribution in [0.25, 0.3) is 0 Å². The standard InChI is InChI=1S/C7H7N3O2/c1-3-8-6-4(7(12)9-3)2-5(11)10-6/h8H,1-2H2,(H,9,12)(H,10,11). The molecule has 0 bridgehead atoms. The van der Waals surface area contributed by atoms with Gasteiger partial charge >= 0.3 is 0 Å². The summed E-state index contributed by atoms with van der Waals surface area (Å²) < 4.78 is 0. The Labute approximate surface area is 68.5 Å². The predicted molar refractivity (Wildman–Crippen MR) is 40.2 cm³/mol. The van der Waals surface area contributed by atoms with Gasteiger partial charge in [0, 0.05) is 0 Å². The first-order valence-corrected chi connectivity index (χ1v) is 3.47. The summed E-state index contributed by atoms with van der Waals surface area (Å²) in [6, 6.07) is 0. The number of carbonyl (C=O) groups excluding carboxylic acids is 2. The van der Waals surface area contributed by atoms with Crippen molar-refractivity contribution in [3.63, 3.8) is 0 Å². The van der Waals surface area contributed by atoms with Crippen LogP contribution in [0.3, 0.4) is 0 Å². The molecule has 12 heavy (non-hydrogen) atoms. The summed E-state index contributed by atoms with van der Waals surface area (Å²) in [5, 5.41) is 7.76. The van der Waals surface area contributed by atoms with Crippen LogP contribution < -0.4 is 16.0 Å². The van der Waals surface area contributed by atoms with E-state index in [1.165, 1.54) is 0 Å². The zero-order chi connectivity index (χ0) is 8.72. The van der Waals surface area contributed by atoms with Crippen molar-refractivity contribution in [3.8, 4) is 0 Å². The van der Waals surface area contributed by atoms with Crippen LogP contribution in [0.4, 0.5) is 0 Å². The van der Waals surface area contributed by atoms with Crippen LogP contribution in [0.5, 0.6) is 0 Å². The molecule has 0 aliphatic carbocycles. The number of amides is 2. The lowest BCUT2D eigenvalue weighted by molar-refractivity contribution is -0.121. The zero-order valence-electron chi connectivity index (χ0n) is 6.23. The molecule has 2 amide bonds. The average Bonchev–Trinajstić information content (AvgIpc) is 2.29. The Bertz CT molecular complexity index is 330. The van der Waals surface area contributed by atoms with E-state index in [0.717, 1.165) is 0 Å². The monoisotopic (exact) mass is 165 g/mol. The SMILES string of the molecule is C=C1NC(=O)C2=C(N1)NC(=O)C2. The van der Waals surface area contributed by atoms with Crippen molar-refractivity contribution in [2.24, 2.45) is 0 Å². The number of rotatable bonds is 0. The van der Waals surface area contributed by atoms with Crippen LogP contribution in [0, 0.1) is 0 Å². The van der Waals surface area contributed by atoms with E-state index in [2.05, 4.69) is 22.5 Å². The molecule has 5 nitrogen and oxygen atoms in total. The van der Waals surface area contributed by atoms with Crippen molar-refractivity contribution in [3.05, 3.63) is 23.8 Å². The van der Waals surface area contributed by atoms with Gasteiger partial charge in [0.1, 0.15) is 11.6 Å². The molecule has 2 aliphatic heterocycles. The molecular weight excluding hydrogens is 158 g/mol.